The van der Waals surface area contributed by atoms with Crippen LogP contribution in [0.3, 0.4) is 0 Å². The third-order valence-corrected chi connectivity index (χ3v) is 9.28. The van der Waals surface area contributed by atoms with E-state index in [9.17, 15) is 0 Å². The monoisotopic (exact) mass is 491 g/mol. The zero-order chi connectivity index (χ0) is 25.6. The standard InChI is InChI=1S/2C10H19NO.C10H19N/c1-10(2,3)11-8-4-5-9(11)7-12-6-8;1-10(2,3)11-6-8-4-5-9(7-11)12-8;1-10(2,3)11-7-8-4-5-9(11)6-8/h2*8-9H,4-7H2,1-3H3;8-9H,4-7H2,1-3H3. The Balaban J connectivity index is 0.000000124. The molecule has 5 heteroatoms. The van der Waals surface area contributed by atoms with E-state index < -0.39 is 0 Å². The van der Waals surface area contributed by atoms with E-state index in [1.807, 2.05) is 0 Å². The molecule has 1 aliphatic carbocycles. The van der Waals surface area contributed by atoms with Crippen molar-refractivity contribution >= 4 is 0 Å². The largest absolute Gasteiger partial charge is 0.378 e. The number of hydrogen-bond acceptors (Lipinski definition) is 5. The van der Waals surface area contributed by atoms with Crippen LogP contribution in [-0.2, 0) is 9.47 Å². The predicted molar refractivity (Wildman–Crippen MR) is 146 cm³/mol. The average molecular weight is 492 g/mol. The van der Waals surface area contributed by atoms with E-state index in [1.165, 1.54) is 51.5 Å². The number of morpholine rings is 2. The Labute approximate surface area is 217 Å². The highest BCUT2D eigenvalue weighted by atomic mass is 16.5. The van der Waals surface area contributed by atoms with E-state index in [-0.39, 0.29) is 0 Å². The van der Waals surface area contributed by atoms with Crippen LogP contribution in [0.4, 0.5) is 0 Å². The third kappa shape index (κ3) is 6.82. The summed E-state index contributed by atoms with van der Waals surface area (Å²) in [7, 11) is 0. The highest BCUT2D eigenvalue weighted by Crippen LogP contribution is 2.41. The van der Waals surface area contributed by atoms with Crippen molar-refractivity contribution in [3.05, 3.63) is 0 Å². The second kappa shape index (κ2) is 10.5. The fourth-order valence-electron chi connectivity index (χ4n) is 7.63. The number of rotatable bonds is 0. The van der Waals surface area contributed by atoms with Gasteiger partial charge in [-0.3, -0.25) is 14.7 Å². The molecule has 0 aromatic rings. The summed E-state index contributed by atoms with van der Waals surface area (Å²) < 4.78 is 11.3. The fourth-order valence-corrected chi connectivity index (χ4v) is 7.63. The van der Waals surface area contributed by atoms with Crippen LogP contribution < -0.4 is 0 Å². The number of ether oxygens (including phenoxy) is 2. The van der Waals surface area contributed by atoms with Gasteiger partial charge in [0.1, 0.15) is 0 Å². The molecule has 0 radical (unpaired) electrons. The van der Waals surface area contributed by atoms with E-state index in [4.69, 9.17) is 9.47 Å². The summed E-state index contributed by atoms with van der Waals surface area (Å²) in [5.41, 5.74) is 1.07. The first-order chi connectivity index (χ1) is 16.2. The van der Waals surface area contributed by atoms with Gasteiger partial charge in [-0.1, -0.05) is 0 Å². The molecule has 35 heavy (non-hydrogen) atoms. The number of fused-ring (bicyclic) bond motifs is 6. The Hall–Kier alpha value is -0.200. The van der Waals surface area contributed by atoms with Gasteiger partial charge in [-0.15, -0.1) is 0 Å². The van der Waals surface area contributed by atoms with Crippen LogP contribution in [0.5, 0.6) is 0 Å². The van der Waals surface area contributed by atoms with Crippen LogP contribution >= 0.6 is 0 Å². The Morgan fingerprint density at radius 1 is 0.571 bits per heavy atom. The summed E-state index contributed by atoms with van der Waals surface area (Å²) in [6, 6.07) is 2.33. The molecule has 0 spiro atoms. The van der Waals surface area contributed by atoms with Crippen molar-refractivity contribution in [3.8, 4) is 0 Å². The van der Waals surface area contributed by atoms with Gasteiger partial charge in [0, 0.05) is 54.4 Å². The highest BCUT2D eigenvalue weighted by Gasteiger charge is 2.43. The minimum atomic E-state index is 0.324. The molecule has 0 aromatic carbocycles. The second-order valence-electron chi connectivity index (χ2n) is 15.2. The summed E-state index contributed by atoms with van der Waals surface area (Å²) >= 11 is 0. The minimum Gasteiger partial charge on any atom is -0.378 e. The molecule has 204 valence electrons. The van der Waals surface area contributed by atoms with Crippen molar-refractivity contribution in [2.45, 2.75) is 154 Å². The lowest BCUT2D eigenvalue weighted by Crippen LogP contribution is -2.54. The molecule has 6 bridgehead atoms. The first kappa shape index (κ1) is 27.8. The SMILES string of the molecule is CC(C)(C)N1C2CCC1COC2.CC(C)(C)N1CC2CCC(C1)O2.CC(C)(C)N1CC2CCC1C2. The van der Waals surface area contributed by atoms with Crippen molar-refractivity contribution in [2.24, 2.45) is 5.92 Å². The predicted octanol–water partition coefficient (Wildman–Crippen LogP) is 5.57. The van der Waals surface area contributed by atoms with Gasteiger partial charge >= 0.3 is 0 Å². The average Bonchev–Trinajstić information content (AvgIpc) is 3.51. The molecule has 5 aliphatic heterocycles. The first-order valence-corrected chi connectivity index (χ1v) is 14.8. The van der Waals surface area contributed by atoms with Crippen molar-refractivity contribution in [1.29, 1.82) is 0 Å². The molecule has 0 N–H and O–H groups in total. The summed E-state index contributed by atoms with van der Waals surface area (Å²) in [6.45, 7) is 26.4. The van der Waals surface area contributed by atoms with Gasteiger partial charge in [-0.05, 0) is 113 Å². The van der Waals surface area contributed by atoms with E-state index >= 15 is 0 Å². The molecule has 6 unspecified atom stereocenters. The number of likely N-dealkylation sites (tertiary alicyclic amines) is 2. The Morgan fingerprint density at radius 2 is 1.11 bits per heavy atom. The number of nitrogens with zero attached hydrogens (tertiary/aromatic N) is 3. The lowest BCUT2D eigenvalue weighted by atomic mass is 10.0. The van der Waals surface area contributed by atoms with Crippen molar-refractivity contribution in [3.63, 3.8) is 0 Å². The smallest absolute Gasteiger partial charge is 0.0707 e. The van der Waals surface area contributed by atoms with Crippen LogP contribution in [0, 0.1) is 5.92 Å². The Kier molecular flexibility index (Phi) is 8.36. The van der Waals surface area contributed by atoms with Gasteiger partial charge in [-0.25, -0.2) is 0 Å². The third-order valence-electron chi connectivity index (χ3n) is 9.28. The molecule has 6 atom stereocenters. The van der Waals surface area contributed by atoms with Gasteiger partial charge in [0.25, 0.3) is 0 Å². The number of piperidine rings is 1. The first-order valence-electron chi connectivity index (χ1n) is 14.8. The second-order valence-corrected chi connectivity index (χ2v) is 15.2. The van der Waals surface area contributed by atoms with Gasteiger partial charge < -0.3 is 9.47 Å². The van der Waals surface area contributed by atoms with Crippen molar-refractivity contribution < 1.29 is 9.47 Å². The quantitative estimate of drug-likeness (QED) is 0.442. The topological polar surface area (TPSA) is 28.2 Å². The highest BCUT2D eigenvalue weighted by molar-refractivity contribution is 4.98. The summed E-state index contributed by atoms with van der Waals surface area (Å²) in [6.07, 6.45) is 10.7. The van der Waals surface area contributed by atoms with E-state index in [1.54, 1.807) is 0 Å². The molecule has 5 heterocycles. The van der Waals surface area contributed by atoms with E-state index in [0.717, 1.165) is 38.3 Å². The number of hydrogen-bond donors (Lipinski definition) is 0. The lowest BCUT2D eigenvalue weighted by Gasteiger charge is -2.44. The molecule has 0 aromatic heterocycles. The van der Waals surface area contributed by atoms with E-state index in [0.29, 0.717) is 40.9 Å². The van der Waals surface area contributed by atoms with E-state index in [2.05, 4.69) is 77.0 Å². The molecule has 6 aliphatic rings. The maximum atomic E-state index is 5.78. The van der Waals surface area contributed by atoms with Crippen molar-refractivity contribution in [1.82, 2.24) is 14.7 Å². The minimum absolute atomic E-state index is 0.324. The molecular formula is C30H57N3O2. The molecule has 1 saturated carbocycles. The van der Waals surface area contributed by atoms with Crippen LogP contribution in [0.2, 0.25) is 0 Å². The van der Waals surface area contributed by atoms with Crippen LogP contribution in [0.1, 0.15) is 107 Å². The van der Waals surface area contributed by atoms with Gasteiger partial charge in [-0.2, -0.15) is 0 Å². The van der Waals surface area contributed by atoms with Crippen LogP contribution in [-0.4, -0.2) is 94.5 Å². The van der Waals surface area contributed by atoms with Crippen LogP contribution in [0.25, 0.3) is 0 Å². The maximum absolute atomic E-state index is 5.78. The molecule has 0 amide bonds. The van der Waals surface area contributed by atoms with Gasteiger partial charge in [0.15, 0.2) is 0 Å². The summed E-state index contributed by atoms with van der Waals surface area (Å²) in [5.74, 6) is 1.04. The van der Waals surface area contributed by atoms with Gasteiger partial charge in [0.05, 0.1) is 25.4 Å². The maximum Gasteiger partial charge on any atom is 0.0707 e. The fraction of sp³-hybridized carbons (Fsp3) is 1.00. The molecule has 5 nitrogen and oxygen atoms in total. The Bertz CT molecular complexity index is 663. The molecule has 5 saturated heterocycles. The zero-order valence-electron chi connectivity index (χ0n) is 24.6. The molecule has 6 fully saturated rings. The Morgan fingerprint density at radius 3 is 1.46 bits per heavy atom. The van der Waals surface area contributed by atoms with Gasteiger partial charge in [0.2, 0.25) is 0 Å². The van der Waals surface area contributed by atoms with Crippen LogP contribution in [0.15, 0.2) is 0 Å². The normalized spacial score (nSPS) is 37.6. The summed E-state index contributed by atoms with van der Waals surface area (Å²) in [4.78, 5) is 7.90. The molecular weight excluding hydrogens is 434 g/mol. The lowest BCUT2D eigenvalue weighted by molar-refractivity contribution is -0.0668. The summed E-state index contributed by atoms with van der Waals surface area (Å²) in [5, 5.41) is 0. The van der Waals surface area contributed by atoms with Crippen molar-refractivity contribution in [2.75, 3.05) is 32.8 Å². The molecule has 6 rings (SSSR count). The zero-order valence-corrected chi connectivity index (χ0v) is 24.6.